The first-order chi connectivity index (χ1) is 12.8. The summed E-state index contributed by atoms with van der Waals surface area (Å²) >= 11 is 0. The fourth-order valence-corrected chi connectivity index (χ4v) is 2.89. The fraction of sp³-hybridized carbons (Fsp3) is 0.300. The van der Waals surface area contributed by atoms with E-state index in [1.807, 2.05) is 32.9 Å². The first-order valence-corrected chi connectivity index (χ1v) is 8.30. The molecule has 0 aliphatic carbocycles. The largest absolute Gasteiger partial charge is 0.493 e. The Hall–Kier alpha value is -3.22. The van der Waals surface area contributed by atoms with Crippen molar-refractivity contribution in [1.82, 2.24) is 0 Å². The van der Waals surface area contributed by atoms with Crippen LogP contribution in [-0.2, 0) is 9.59 Å². The highest BCUT2D eigenvalue weighted by atomic mass is 16.5. The normalized spacial score (nSPS) is 10.1. The minimum atomic E-state index is -0.802. The van der Waals surface area contributed by atoms with Crippen molar-refractivity contribution in [3.63, 3.8) is 0 Å². The van der Waals surface area contributed by atoms with E-state index in [0.29, 0.717) is 28.6 Å². The molecule has 7 heteroatoms. The molecule has 2 aromatic rings. The van der Waals surface area contributed by atoms with Crippen molar-refractivity contribution >= 4 is 23.2 Å². The van der Waals surface area contributed by atoms with Crippen LogP contribution in [0.25, 0.3) is 0 Å². The van der Waals surface area contributed by atoms with Crippen molar-refractivity contribution in [3.8, 4) is 17.2 Å². The molecule has 144 valence electrons. The zero-order valence-electron chi connectivity index (χ0n) is 16.4. The van der Waals surface area contributed by atoms with Gasteiger partial charge in [-0.15, -0.1) is 0 Å². The maximum absolute atomic E-state index is 12.3. The molecule has 0 fully saturated rings. The second-order valence-electron chi connectivity index (χ2n) is 6.10. The van der Waals surface area contributed by atoms with Gasteiger partial charge in [-0.3, -0.25) is 9.59 Å². The molecule has 0 unspecified atom stereocenters. The first kappa shape index (κ1) is 20.1. The molecule has 0 aliphatic heterocycles. The van der Waals surface area contributed by atoms with E-state index in [9.17, 15) is 9.59 Å². The van der Waals surface area contributed by atoms with E-state index in [1.165, 1.54) is 21.3 Å². The quantitative estimate of drug-likeness (QED) is 0.787. The van der Waals surface area contributed by atoms with Gasteiger partial charge in [0.2, 0.25) is 5.75 Å². The van der Waals surface area contributed by atoms with E-state index < -0.39 is 11.8 Å². The Morgan fingerprint density at radius 2 is 1.22 bits per heavy atom. The van der Waals surface area contributed by atoms with Crippen LogP contribution in [0.5, 0.6) is 17.2 Å². The second-order valence-corrected chi connectivity index (χ2v) is 6.10. The van der Waals surface area contributed by atoms with Gasteiger partial charge in [-0.25, -0.2) is 0 Å². The van der Waals surface area contributed by atoms with E-state index in [1.54, 1.807) is 12.1 Å². The highest BCUT2D eigenvalue weighted by molar-refractivity contribution is 6.43. The van der Waals surface area contributed by atoms with Crippen LogP contribution < -0.4 is 24.8 Å². The van der Waals surface area contributed by atoms with E-state index in [2.05, 4.69) is 10.6 Å². The topological polar surface area (TPSA) is 85.9 Å². The van der Waals surface area contributed by atoms with Crippen LogP contribution in [0.4, 0.5) is 11.4 Å². The Kier molecular flexibility index (Phi) is 6.28. The third kappa shape index (κ3) is 4.49. The molecule has 0 saturated carbocycles. The number of hydrogen-bond donors (Lipinski definition) is 2. The molecule has 0 bridgehead atoms. The SMILES string of the molecule is COc1cc(NC(=O)C(=O)Nc2c(C)cc(C)cc2C)cc(OC)c1OC. The van der Waals surface area contributed by atoms with Crippen molar-refractivity contribution in [1.29, 1.82) is 0 Å². The lowest BCUT2D eigenvalue weighted by molar-refractivity contribution is -0.133. The average Bonchev–Trinajstić information content (AvgIpc) is 2.63. The van der Waals surface area contributed by atoms with Crippen molar-refractivity contribution in [2.45, 2.75) is 20.8 Å². The molecule has 7 nitrogen and oxygen atoms in total. The van der Waals surface area contributed by atoms with Crippen molar-refractivity contribution in [3.05, 3.63) is 41.0 Å². The highest BCUT2D eigenvalue weighted by Gasteiger charge is 2.19. The average molecular weight is 372 g/mol. The van der Waals surface area contributed by atoms with Crippen LogP contribution in [0.2, 0.25) is 0 Å². The summed E-state index contributed by atoms with van der Waals surface area (Å²) in [6.07, 6.45) is 0. The number of methoxy groups -OCH3 is 3. The number of carbonyl (C=O) groups excluding carboxylic acids is 2. The standard InChI is InChI=1S/C20H24N2O5/c1-11-7-12(2)17(13(3)8-11)22-20(24)19(23)21-14-9-15(25-4)18(27-6)16(10-14)26-5/h7-10H,1-6H3,(H,21,23)(H,22,24). The summed E-state index contributed by atoms with van der Waals surface area (Å²) in [6, 6.07) is 6.99. The summed E-state index contributed by atoms with van der Waals surface area (Å²) in [7, 11) is 4.43. The van der Waals surface area contributed by atoms with Crippen LogP contribution in [0.15, 0.2) is 24.3 Å². The van der Waals surface area contributed by atoms with Gasteiger partial charge in [0.25, 0.3) is 0 Å². The molecule has 2 rings (SSSR count). The molecular formula is C20H24N2O5. The minimum Gasteiger partial charge on any atom is -0.493 e. The fourth-order valence-electron chi connectivity index (χ4n) is 2.89. The molecule has 0 saturated heterocycles. The zero-order chi connectivity index (χ0) is 20.1. The highest BCUT2D eigenvalue weighted by Crippen LogP contribution is 2.39. The number of aryl methyl sites for hydroxylation is 3. The number of nitrogens with one attached hydrogen (secondary N) is 2. The molecule has 27 heavy (non-hydrogen) atoms. The van der Waals surface area contributed by atoms with Crippen LogP contribution in [0.3, 0.4) is 0 Å². The number of carbonyl (C=O) groups is 2. The van der Waals surface area contributed by atoms with Gasteiger partial charge >= 0.3 is 11.8 Å². The van der Waals surface area contributed by atoms with Gasteiger partial charge in [-0.05, 0) is 31.9 Å². The molecule has 0 radical (unpaired) electrons. The number of anilines is 2. The smallest absolute Gasteiger partial charge is 0.314 e. The summed E-state index contributed by atoms with van der Waals surface area (Å²) in [5.74, 6) is -0.425. The third-order valence-electron chi connectivity index (χ3n) is 4.04. The van der Waals surface area contributed by atoms with Crippen LogP contribution in [0.1, 0.15) is 16.7 Å². The Balaban J connectivity index is 2.21. The molecule has 0 spiro atoms. The van der Waals surface area contributed by atoms with Crippen molar-refractivity contribution in [2.75, 3.05) is 32.0 Å². The number of amides is 2. The molecule has 0 atom stereocenters. The van der Waals surface area contributed by atoms with E-state index in [4.69, 9.17) is 14.2 Å². The molecule has 2 aromatic carbocycles. The maximum atomic E-state index is 12.3. The van der Waals surface area contributed by atoms with Crippen LogP contribution in [-0.4, -0.2) is 33.1 Å². The zero-order valence-corrected chi connectivity index (χ0v) is 16.4. The van der Waals surface area contributed by atoms with Gasteiger partial charge in [0, 0.05) is 23.5 Å². The Labute approximate surface area is 158 Å². The summed E-state index contributed by atoms with van der Waals surface area (Å²) in [5, 5.41) is 5.21. The van der Waals surface area contributed by atoms with Crippen molar-refractivity contribution < 1.29 is 23.8 Å². The number of hydrogen-bond acceptors (Lipinski definition) is 5. The lowest BCUT2D eigenvalue weighted by Gasteiger charge is -2.15. The molecule has 2 N–H and O–H groups in total. The number of benzene rings is 2. The molecule has 2 amide bonds. The Morgan fingerprint density at radius 1 is 0.741 bits per heavy atom. The summed E-state index contributed by atoms with van der Waals surface area (Å²) in [6.45, 7) is 5.74. The predicted octanol–water partition coefficient (Wildman–Crippen LogP) is 3.21. The van der Waals surface area contributed by atoms with Crippen LogP contribution in [0, 0.1) is 20.8 Å². The van der Waals surface area contributed by atoms with Gasteiger partial charge in [0.1, 0.15) is 0 Å². The first-order valence-electron chi connectivity index (χ1n) is 8.30. The number of rotatable bonds is 5. The Morgan fingerprint density at radius 3 is 1.67 bits per heavy atom. The van der Waals surface area contributed by atoms with Crippen LogP contribution >= 0.6 is 0 Å². The third-order valence-corrected chi connectivity index (χ3v) is 4.04. The summed E-state index contributed by atoms with van der Waals surface area (Å²) in [5.41, 5.74) is 3.85. The summed E-state index contributed by atoms with van der Waals surface area (Å²) < 4.78 is 15.7. The lowest BCUT2D eigenvalue weighted by Crippen LogP contribution is -2.29. The van der Waals surface area contributed by atoms with Crippen molar-refractivity contribution in [2.24, 2.45) is 0 Å². The second kappa shape index (κ2) is 8.44. The van der Waals surface area contributed by atoms with Gasteiger partial charge in [0.05, 0.1) is 21.3 Å². The van der Waals surface area contributed by atoms with E-state index in [0.717, 1.165) is 16.7 Å². The van der Waals surface area contributed by atoms with Gasteiger partial charge < -0.3 is 24.8 Å². The Bertz CT molecular complexity index is 829. The monoisotopic (exact) mass is 372 g/mol. The molecular weight excluding hydrogens is 348 g/mol. The molecule has 0 aliphatic rings. The minimum absolute atomic E-state index is 0.349. The van der Waals surface area contributed by atoms with Gasteiger partial charge in [-0.2, -0.15) is 0 Å². The van der Waals surface area contributed by atoms with E-state index >= 15 is 0 Å². The maximum Gasteiger partial charge on any atom is 0.314 e. The summed E-state index contributed by atoms with van der Waals surface area (Å²) in [4.78, 5) is 24.7. The van der Waals surface area contributed by atoms with Gasteiger partial charge in [-0.1, -0.05) is 17.7 Å². The predicted molar refractivity (Wildman–Crippen MR) is 104 cm³/mol. The lowest BCUT2D eigenvalue weighted by atomic mass is 10.1. The number of ether oxygens (including phenoxy) is 3. The van der Waals surface area contributed by atoms with Gasteiger partial charge in [0.15, 0.2) is 11.5 Å². The van der Waals surface area contributed by atoms with E-state index in [-0.39, 0.29) is 0 Å². The molecule has 0 heterocycles. The molecule has 0 aromatic heterocycles.